The van der Waals surface area contributed by atoms with Gasteiger partial charge in [-0.3, -0.25) is 9.78 Å². The van der Waals surface area contributed by atoms with Crippen molar-refractivity contribution in [2.24, 2.45) is 0 Å². The maximum Gasteiger partial charge on any atom is 0.305 e. The molecular weight excluding hydrogens is 296 g/mol. The van der Waals surface area contributed by atoms with E-state index in [0.717, 1.165) is 21.1 Å². The summed E-state index contributed by atoms with van der Waals surface area (Å²) in [6, 6.07) is 7.64. The summed E-state index contributed by atoms with van der Waals surface area (Å²) >= 11 is 3.38. The normalized spacial score (nSPS) is 12.3. The van der Waals surface area contributed by atoms with Crippen LogP contribution in [0.3, 0.4) is 0 Å². The summed E-state index contributed by atoms with van der Waals surface area (Å²) in [5, 5.41) is 12.9. The largest absolute Gasteiger partial charge is 0.481 e. The highest BCUT2D eigenvalue weighted by atomic mass is 79.9. The van der Waals surface area contributed by atoms with E-state index in [-0.39, 0.29) is 12.5 Å². The number of hydrogen-bond acceptors (Lipinski definition) is 3. The molecule has 0 radical (unpaired) electrons. The Morgan fingerprint density at radius 2 is 2.33 bits per heavy atom. The topological polar surface area (TPSA) is 62.2 Å². The predicted octanol–water partition coefficient (Wildman–Crippen LogP) is 3.27. The molecule has 2 aromatic rings. The third-order valence-corrected chi connectivity index (χ3v) is 2.99. The molecule has 0 saturated heterocycles. The number of carboxylic acids is 1. The van der Waals surface area contributed by atoms with Crippen LogP contribution in [0, 0.1) is 0 Å². The summed E-state index contributed by atoms with van der Waals surface area (Å²) in [4.78, 5) is 15.0. The molecule has 5 heteroatoms. The number of halogens is 1. The molecule has 0 aliphatic heterocycles. The van der Waals surface area contributed by atoms with Gasteiger partial charge in [-0.1, -0.05) is 12.1 Å². The quantitative estimate of drug-likeness (QED) is 0.910. The van der Waals surface area contributed by atoms with Crippen molar-refractivity contribution in [3.05, 3.63) is 34.9 Å². The van der Waals surface area contributed by atoms with Gasteiger partial charge in [0.1, 0.15) is 0 Å². The lowest BCUT2D eigenvalue weighted by atomic mass is 10.1. The van der Waals surface area contributed by atoms with Gasteiger partial charge in [-0.2, -0.15) is 0 Å². The molecule has 0 amide bonds. The molecule has 2 rings (SSSR count). The number of anilines is 1. The third kappa shape index (κ3) is 2.98. The van der Waals surface area contributed by atoms with Gasteiger partial charge >= 0.3 is 5.97 Å². The third-order valence-electron chi connectivity index (χ3n) is 2.56. The first kappa shape index (κ1) is 12.8. The molecule has 4 nitrogen and oxygen atoms in total. The highest BCUT2D eigenvalue weighted by molar-refractivity contribution is 9.10. The molecule has 18 heavy (non-hydrogen) atoms. The van der Waals surface area contributed by atoms with Gasteiger partial charge in [0.25, 0.3) is 0 Å². The van der Waals surface area contributed by atoms with E-state index in [1.807, 2.05) is 31.2 Å². The zero-order valence-electron chi connectivity index (χ0n) is 9.85. The second-order valence-corrected chi connectivity index (χ2v) is 5.09. The highest BCUT2D eigenvalue weighted by Gasteiger charge is 2.09. The highest BCUT2D eigenvalue weighted by Crippen LogP contribution is 2.24. The van der Waals surface area contributed by atoms with Gasteiger partial charge in [0, 0.05) is 22.1 Å². The van der Waals surface area contributed by atoms with Crippen LogP contribution in [0.4, 0.5) is 5.69 Å². The monoisotopic (exact) mass is 308 g/mol. The molecule has 1 heterocycles. The Hall–Kier alpha value is -1.62. The molecule has 94 valence electrons. The molecule has 0 spiro atoms. The number of rotatable bonds is 4. The first-order chi connectivity index (χ1) is 8.56. The van der Waals surface area contributed by atoms with Crippen molar-refractivity contribution in [1.29, 1.82) is 0 Å². The minimum atomic E-state index is -0.814. The van der Waals surface area contributed by atoms with Gasteiger partial charge in [-0.15, -0.1) is 0 Å². The number of nitrogens with zero attached hydrogens (tertiary/aromatic N) is 1. The molecule has 0 fully saturated rings. The second kappa shape index (κ2) is 5.35. The zero-order chi connectivity index (χ0) is 13.1. The molecule has 1 aromatic heterocycles. The molecule has 1 atom stereocenters. The molecule has 0 aliphatic rings. The standard InChI is InChI=1S/C13H13BrN2O2/c1-8(5-12(17)18)16-11-4-2-3-9-6-10(14)7-15-13(9)11/h2-4,6-8,16H,5H2,1H3,(H,17,18). The zero-order valence-corrected chi connectivity index (χ0v) is 11.4. The number of benzene rings is 1. The molecule has 2 N–H and O–H groups in total. The SMILES string of the molecule is CC(CC(=O)O)Nc1cccc2cc(Br)cnc12. The van der Waals surface area contributed by atoms with E-state index in [9.17, 15) is 4.79 Å². The number of carbonyl (C=O) groups is 1. The Kier molecular flexibility index (Phi) is 3.81. The van der Waals surface area contributed by atoms with Crippen LogP contribution in [0.5, 0.6) is 0 Å². The molecule has 0 aliphatic carbocycles. The lowest BCUT2D eigenvalue weighted by molar-refractivity contribution is -0.137. The van der Waals surface area contributed by atoms with Gasteiger partial charge in [-0.05, 0) is 35.0 Å². The summed E-state index contributed by atoms with van der Waals surface area (Å²) in [5.41, 5.74) is 1.70. The minimum Gasteiger partial charge on any atom is -0.481 e. The van der Waals surface area contributed by atoms with E-state index < -0.39 is 5.97 Å². The van der Waals surface area contributed by atoms with Crippen LogP contribution in [0.1, 0.15) is 13.3 Å². The number of hydrogen-bond donors (Lipinski definition) is 2. The smallest absolute Gasteiger partial charge is 0.305 e. The number of carboxylic acid groups (broad SMARTS) is 1. The van der Waals surface area contributed by atoms with Crippen LogP contribution >= 0.6 is 15.9 Å². The number of aromatic nitrogens is 1. The van der Waals surface area contributed by atoms with Gasteiger partial charge < -0.3 is 10.4 Å². The summed E-state index contributed by atoms with van der Waals surface area (Å²) in [6.07, 6.45) is 1.81. The van der Waals surface area contributed by atoms with Crippen LogP contribution in [0.15, 0.2) is 34.9 Å². The Labute approximate surface area is 113 Å². The fourth-order valence-electron chi connectivity index (χ4n) is 1.83. The molecule has 1 unspecified atom stereocenters. The van der Waals surface area contributed by atoms with Gasteiger partial charge in [-0.25, -0.2) is 0 Å². The van der Waals surface area contributed by atoms with E-state index in [2.05, 4.69) is 26.2 Å². The number of aliphatic carboxylic acids is 1. The second-order valence-electron chi connectivity index (χ2n) is 4.17. The van der Waals surface area contributed by atoms with Crippen LogP contribution in [-0.4, -0.2) is 22.1 Å². The van der Waals surface area contributed by atoms with Crippen molar-refractivity contribution >= 4 is 38.5 Å². The van der Waals surface area contributed by atoms with Crippen molar-refractivity contribution < 1.29 is 9.90 Å². The Balaban J connectivity index is 2.30. The lowest BCUT2D eigenvalue weighted by Gasteiger charge is -2.14. The number of para-hydroxylation sites is 1. The van der Waals surface area contributed by atoms with E-state index in [0.29, 0.717) is 0 Å². The summed E-state index contributed by atoms with van der Waals surface area (Å²) in [7, 11) is 0. The molecule has 1 aromatic carbocycles. The summed E-state index contributed by atoms with van der Waals surface area (Å²) in [5.74, 6) is -0.814. The van der Waals surface area contributed by atoms with Crippen molar-refractivity contribution in [3.63, 3.8) is 0 Å². The fraction of sp³-hybridized carbons (Fsp3) is 0.231. The molecular formula is C13H13BrN2O2. The van der Waals surface area contributed by atoms with E-state index in [1.165, 1.54) is 0 Å². The van der Waals surface area contributed by atoms with Crippen LogP contribution < -0.4 is 5.32 Å². The number of pyridine rings is 1. The van der Waals surface area contributed by atoms with Crippen molar-refractivity contribution in [2.45, 2.75) is 19.4 Å². The summed E-state index contributed by atoms with van der Waals surface area (Å²) in [6.45, 7) is 1.84. The molecule has 0 bridgehead atoms. The van der Waals surface area contributed by atoms with E-state index in [1.54, 1.807) is 6.20 Å². The van der Waals surface area contributed by atoms with E-state index >= 15 is 0 Å². The van der Waals surface area contributed by atoms with E-state index in [4.69, 9.17) is 5.11 Å². The lowest BCUT2D eigenvalue weighted by Crippen LogP contribution is -2.19. The average molecular weight is 309 g/mol. The van der Waals surface area contributed by atoms with Crippen LogP contribution in [-0.2, 0) is 4.79 Å². The van der Waals surface area contributed by atoms with Crippen molar-refractivity contribution in [3.8, 4) is 0 Å². The van der Waals surface area contributed by atoms with Gasteiger partial charge in [0.2, 0.25) is 0 Å². The average Bonchev–Trinajstić information content (AvgIpc) is 2.27. The maximum absolute atomic E-state index is 10.6. The molecule has 0 saturated carbocycles. The van der Waals surface area contributed by atoms with Gasteiger partial charge in [0.15, 0.2) is 0 Å². The number of fused-ring (bicyclic) bond motifs is 1. The van der Waals surface area contributed by atoms with Crippen molar-refractivity contribution in [1.82, 2.24) is 4.98 Å². The van der Waals surface area contributed by atoms with Crippen LogP contribution in [0.25, 0.3) is 10.9 Å². The van der Waals surface area contributed by atoms with Crippen LogP contribution in [0.2, 0.25) is 0 Å². The van der Waals surface area contributed by atoms with Crippen molar-refractivity contribution in [2.75, 3.05) is 5.32 Å². The van der Waals surface area contributed by atoms with Gasteiger partial charge in [0.05, 0.1) is 17.6 Å². The number of nitrogens with one attached hydrogen (secondary N) is 1. The first-order valence-electron chi connectivity index (χ1n) is 5.59. The fourth-order valence-corrected chi connectivity index (χ4v) is 2.18. The first-order valence-corrected chi connectivity index (χ1v) is 6.38. The predicted molar refractivity (Wildman–Crippen MR) is 74.8 cm³/mol. The Morgan fingerprint density at radius 1 is 1.56 bits per heavy atom. The maximum atomic E-state index is 10.6. The Morgan fingerprint density at radius 3 is 3.06 bits per heavy atom. The summed E-state index contributed by atoms with van der Waals surface area (Å²) < 4.78 is 0.922. The minimum absolute atomic E-state index is 0.0763. The Bertz CT molecular complexity index is 586.